The monoisotopic (exact) mass is 310 g/mol. The van der Waals surface area contributed by atoms with E-state index in [-0.39, 0.29) is 11.3 Å². The summed E-state index contributed by atoms with van der Waals surface area (Å²) in [4.78, 5) is 11.4. The molecule has 0 unspecified atom stereocenters. The lowest BCUT2D eigenvalue weighted by Gasteiger charge is -2.02. The van der Waals surface area contributed by atoms with Crippen LogP contribution in [0.25, 0.3) is 6.08 Å². The lowest BCUT2D eigenvalue weighted by Crippen LogP contribution is -2.03. The van der Waals surface area contributed by atoms with Gasteiger partial charge < -0.3 is 0 Å². The van der Waals surface area contributed by atoms with Gasteiger partial charge in [-0.25, -0.2) is 12.8 Å². The first-order chi connectivity index (χ1) is 9.38. The van der Waals surface area contributed by atoms with Gasteiger partial charge in [0.2, 0.25) is 0 Å². The van der Waals surface area contributed by atoms with Crippen molar-refractivity contribution in [3.05, 3.63) is 58.0 Å². The Bertz CT molecular complexity index is 760. The van der Waals surface area contributed by atoms with E-state index in [1.165, 1.54) is 23.5 Å². The summed E-state index contributed by atoms with van der Waals surface area (Å²) in [5.41, 5.74) is 0.998. The molecule has 20 heavy (non-hydrogen) atoms. The maximum atomic E-state index is 13.7. The van der Waals surface area contributed by atoms with Gasteiger partial charge >= 0.3 is 0 Å². The summed E-state index contributed by atoms with van der Waals surface area (Å²) < 4.78 is 36.2. The molecule has 0 aliphatic carbocycles. The van der Waals surface area contributed by atoms with Crippen molar-refractivity contribution >= 4 is 33.0 Å². The molecule has 1 heterocycles. The quantitative estimate of drug-likeness (QED) is 0.644. The van der Waals surface area contributed by atoms with Crippen LogP contribution in [0.15, 0.2) is 46.0 Å². The smallest absolute Gasteiger partial charge is 0.185 e. The van der Waals surface area contributed by atoms with Crippen molar-refractivity contribution < 1.29 is 17.6 Å². The average molecular weight is 310 g/mol. The molecule has 0 amide bonds. The highest BCUT2D eigenvalue weighted by atomic mass is 32.2. The molecule has 0 atom stereocenters. The van der Waals surface area contributed by atoms with Gasteiger partial charge in [-0.05, 0) is 46.7 Å². The summed E-state index contributed by atoms with van der Waals surface area (Å²) in [6.07, 6.45) is 3.88. The summed E-state index contributed by atoms with van der Waals surface area (Å²) >= 11 is 1.50. The van der Waals surface area contributed by atoms with Crippen LogP contribution in [-0.2, 0) is 9.84 Å². The number of sulfone groups is 1. The number of carbonyl (C=O) groups excluding carboxylic acids is 1. The number of halogens is 1. The van der Waals surface area contributed by atoms with E-state index in [0.717, 1.165) is 24.0 Å². The lowest BCUT2D eigenvalue weighted by atomic mass is 10.1. The van der Waals surface area contributed by atoms with E-state index in [4.69, 9.17) is 0 Å². The Balaban J connectivity index is 2.26. The van der Waals surface area contributed by atoms with Crippen molar-refractivity contribution in [2.24, 2.45) is 0 Å². The van der Waals surface area contributed by atoms with Crippen LogP contribution in [0.5, 0.6) is 0 Å². The molecule has 0 saturated heterocycles. The predicted octanol–water partition coefficient (Wildman–Crippen LogP) is 3.19. The lowest BCUT2D eigenvalue weighted by molar-refractivity contribution is 0.104. The number of thiophene rings is 1. The first-order valence-electron chi connectivity index (χ1n) is 5.62. The first-order valence-corrected chi connectivity index (χ1v) is 8.45. The molecule has 3 nitrogen and oxygen atoms in total. The zero-order valence-electron chi connectivity index (χ0n) is 10.5. The average Bonchev–Trinajstić information content (AvgIpc) is 2.87. The molecule has 0 aliphatic heterocycles. The minimum Gasteiger partial charge on any atom is -0.289 e. The number of allylic oxidation sites excluding steroid dienone is 1. The maximum absolute atomic E-state index is 13.7. The van der Waals surface area contributed by atoms with Gasteiger partial charge in [-0.3, -0.25) is 4.79 Å². The summed E-state index contributed by atoms with van der Waals surface area (Å²) in [6.45, 7) is 0. The minimum atomic E-state index is -3.63. The van der Waals surface area contributed by atoms with Crippen molar-refractivity contribution in [2.45, 2.75) is 4.90 Å². The van der Waals surface area contributed by atoms with Crippen molar-refractivity contribution in [1.29, 1.82) is 0 Å². The number of hydrogen-bond donors (Lipinski definition) is 0. The highest BCUT2D eigenvalue weighted by Gasteiger charge is 2.15. The molecule has 0 saturated carbocycles. The fraction of sp³-hybridized carbons (Fsp3) is 0.0714. The van der Waals surface area contributed by atoms with Gasteiger partial charge in [0.25, 0.3) is 0 Å². The first kappa shape index (κ1) is 14.6. The Hall–Kier alpha value is -1.79. The van der Waals surface area contributed by atoms with Crippen LogP contribution in [0.3, 0.4) is 0 Å². The number of ketones is 1. The Morgan fingerprint density at radius 2 is 2.05 bits per heavy atom. The second kappa shape index (κ2) is 5.68. The van der Waals surface area contributed by atoms with Crippen LogP contribution in [0.2, 0.25) is 0 Å². The minimum absolute atomic E-state index is 0.112. The number of benzene rings is 1. The predicted molar refractivity (Wildman–Crippen MR) is 77.2 cm³/mol. The molecular formula is C14H11FO3S2. The zero-order chi connectivity index (χ0) is 14.8. The molecule has 0 aliphatic rings. The summed E-state index contributed by atoms with van der Waals surface area (Å²) in [5.74, 6) is -1.29. The second-order valence-electron chi connectivity index (χ2n) is 4.17. The maximum Gasteiger partial charge on any atom is 0.185 e. The fourth-order valence-electron chi connectivity index (χ4n) is 1.59. The van der Waals surface area contributed by atoms with Crippen molar-refractivity contribution in [1.82, 2.24) is 0 Å². The molecule has 0 bridgehead atoms. The van der Waals surface area contributed by atoms with Crippen LogP contribution in [0, 0.1) is 5.82 Å². The van der Waals surface area contributed by atoms with Crippen molar-refractivity contribution in [3.63, 3.8) is 0 Å². The van der Waals surface area contributed by atoms with Gasteiger partial charge in [0.1, 0.15) is 10.7 Å². The molecule has 0 radical (unpaired) electrons. The molecular weight excluding hydrogens is 299 g/mol. The Morgan fingerprint density at radius 3 is 2.60 bits per heavy atom. The zero-order valence-corrected chi connectivity index (χ0v) is 12.2. The van der Waals surface area contributed by atoms with Crippen molar-refractivity contribution in [3.8, 4) is 0 Å². The van der Waals surface area contributed by atoms with E-state index >= 15 is 0 Å². The van der Waals surface area contributed by atoms with Gasteiger partial charge in [0, 0.05) is 11.8 Å². The van der Waals surface area contributed by atoms with E-state index in [1.54, 1.807) is 6.08 Å². The molecule has 1 aromatic carbocycles. The van der Waals surface area contributed by atoms with E-state index in [9.17, 15) is 17.6 Å². The van der Waals surface area contributed by atoms with Crippen LogP contribution < -0.4 is 0 Å². The standard InChI is InChI=1S/C14H11FO3S2/c1-20(17,18)14-5-3-11(8-12(14)15)13(16)4-2-10-6-7-19-9-10/h2-9H,1H3. The SMILES string of the molecule is CS(=O)(=O)c1ccc(C(=O)C=Cc2ccsc2)cc1F. The molecule has 0 N–H and O–H groups in total. The Labute approximate surface area is 120 Å². The highest BCUT2D eigenvalue weighted by Crippen LogP contribution is 2.17. The van der Waals surface area contributed by atoms with Crippen LogP contribution >= 0.6 is 11.3 Å². The highest BCUT2D eigenvalue weighted by molar-refractivity contribution is 7.90. The van der Waals surface area contributed by atoms with Crippen molar-refractivity contribution in [2.75, 3.05) is 6.26 Å². The fourth-order valence-corrected chi connectivity index (χ4v) is 2.95. The normalized spacial score (nSPS) is 11.9. The van der Waals surface area contributed by atoms with E-state index in [1.807, 2.05) is 16.8 Å². The summed E-state index contributed by atoms with van der Waals surface area (Å²) in [5, 5.41) is 3.75. The number of carbonyl (C=O) groups is 1. The summed E-state index contributed by atoms with van der Waals surface area (Å²) in [7, 11) is -3.63. The molecule has 0 fully saturated rings. The summed E-state index contributed by atoms with van der Waals surface area (Å²) in [6, 6.07) is 5.20. The number of hydrogen-bond acceptors (Lipinski definition) is 4. The molecule has 2 rings (SSSR count). The van der Waals surface area contributed by atoms with Crippen LogP contribution in [-0.4, -0.2) is 20.5 Å². The topological polar surface area (TPSA) is 51.2 Å². The molecule has 1 aromatic heterocycles. The van der Waals surface area contributed by atoms with E-state index in [2.05, 4.69) is 0 Å². The Kier molecular flexibility index (Phi) is 4.15. The molecule has 2 aromatic rings. The Morgan fingerprint density at radius 1 is 1.30 bits per heavy atom. The third-order valence-electron chi connectivity index (χ3n) is 2.59. The third-order valence-corrected chi connectivity index (χ3v) is 4.42. The van der Waals surface area contributed by atoms with Crippen LogP contribution in [0.4, 0.5) is 4.39 Å². The number of rotatable bonds is 4. The third kappa shape index (κ3) is 3.40. The molecule has 104 valence electrons. The van der Waals surface area contributed by atoms with Crippen LogP contribution in [0.1, 0.15) is 15.9 Å². The van der Waals surface area contributed by atoms with E-state index < -0.39 is 20.5 Å². The van der Waals surface area contributed by atoms with E-state index in [0.29, 0.717) is 0 Å². The largest absolute Gasteiger partial charge is 0.289 e. The van der Waals surface area contributed by atoms with Gasteiger partial charge in [0.15, 0.2) is 15.6 Å². The van der Waals surface area contributed by atoms with Gasteiger partial charge in [-0.2, -0.15) is 11.3 Å². The van der Waals surface area contributed by atoms with Gasteiger partial charge in [-0.1, -0.05) is 6.08 Å². The van der Waals surface area contributed by atoms with Gasteiger partial charge in [0.05, 0.1) is 0 Å². The second-order valence-corrected chi connectivity index (χ2v) is 6.94. The van der Waals surface area contributed by atoms with Gasteiger partial charge in [-0.15, -0.1) is 0 Å². The molecule has 0 spiro atoms. The molecule has 6 heteroatoms.